The van der Waals surface area contributed by atoms with E-state index in [1.807, 2.05) is 6.20 Å². The van der Waals surface area contributed by atoms with Crippen LogP contribution < -0.4 is 5.19 Å². The second kappa shape index (κ2) is 8.40. The number of aromatic nitrogens is 2. The third-order valence-electron chi connectivity index (χ3n) is 9.27. The molecule has 3 aromatic heterocycles. The van der Waals surface area contributed by atoms with Crippen molar-refractivity contribution < 1.29 is 0 Å². The van der Waals surface area contributed by atoms with Crippen LogP contribution in [0.5, 0.6) is 0 Å². The van der Waals surface area contributed by atoms with E-state index in [0.29, 0.717) is 5.92 Å². The molecule has 0 amide bonds. The lowest BCUT2D eigenvalue weighted by Crippen LogP contribution is -2.37. The first-order valence-electron chi connectivity index (χ1n) is 14.6. The van der Waals surface area contributed by atoms with Crippen molar-refractivity contribution in [2.24, 2.45) is 0 Å². The van der Waals surface area contributed by atoms with Gasteiger partial charge in [-0.3, -0.25) is 4.98 Å². The van der Waals surface area contributed by atoms with Crippen LogP contribution in [0.3, 0.4) is 0 Å². The van der Waals surface area contributed by atoms with Gasteiger partial charge in [0, 0.05) is 33.3 Å². The number of para-hydroxylation sites is 1. The van der Waals surface area contributed by atoms with Crippen molar-refractivity contribution >= 4 is 62.1 Å². The van der Waals surface area contributed by atoms with E-state index in [0.717, 1.165) is 5.69 Å². The minimum Gasteiger partial charge on any atom is -0.306 e. The van der Waals surface area contributed by atoms with Crippen LogP contribution in [0.2, 0.25) is 19.6 Å². The SMILES string of the molecule is C[Si](C)(C)c1ccc2c3ccnc(-c4cc(C5CCCCC5)c5ccccc5c4)c3n3c4ccccc4c1c23. The van der Waals surface area contributed by atoms with Crippen LogP contribution in [0.1, 0.15) is 43.6 Å². The summed E-state index contributed by atoms with van der Waals surface area (Å²) in [7, 11) is -1.56. The van der Waals surface area contributed by atoms with Gasteiger partial charge < -0.3 is 4.40 Å². The number of hydrogen-bond acceptors (Lipinski definition) is 1. The maximum atomic E-state index is 5.13. The smallest absolute Gasteiger partial charge is 0.0949 e. The summed E-state index contributed by atoms with van der Waals surface area (Å²) in [5.41, 5.74) is 7.77. The average Bonchev–Trinajstić information content (AvgIpc) is 3.49. The fraction of sp³-hybridized carbons (Fsp3) is 0.250. The van der Waals surface area contributed by atoms with E-state index in [9.17, 15) is 0 Å². The molecular weight excluding hydrogens is 488 g/mol. The molecule has 0 saturated heterocycles. The molecule has 39 heavy (non-hydrogen) atoms. The Morgan fingerprint density at radius 3 is 2.28 bits per heavy atom. The first-order chi connectivity index (χ1) is 19.0. The highest BCUT2D eigenvalue weighted by molar-refractivity contribution is 6.90. The van der Waals surface area contributed by atoms with Gasteiger partial charge in [-0.2, -0.15) is 0 Å². The van der Waals surface area contributed by atoms with Crippen LogP contribution in [-0.2, 0) is 0 Å². The third-order valence-corrected chi connectivity index (χ3v) is 11.3. The zero-order valence-electron chi connectivity index (χ0n) is 23.1. The Morgan fingerprint density at radius 1 is 0.718 bits per heavy atom. The lowest BCUT2D eigenvalue weighted by molar-refractivity contribution is 0.445. The highest BCUT2D eigenvalue weighted by Gasteiger charge is 2.27. The van der Waals surface area contributed by atoms with Crippen LogP contribution in [0.25, 0.3) is 60.1 Å². The van der Waals surface area contributed by atoms with Crippen molar-refractivity contribution in [3.8, 4) is 11.3 Å². The van der Waals surface area contributed by atoms with Gasteiger partial charge in [0.05, 0.1) is 30.3 Å². The van der Waals surface area contributed by atoms with Crippen LogP contribution in [0.4, 0.5) is 0 Å². The predicted molar refractivity (Wildman–Crippen MR) is 171 cm³/mol. The summed E-state index contributed by atoms with van der Waals surface area (Å²) in [6.45, 7) is 7.40. The Hall–Kier alpha value is -3.69. The number of pyridine rings is 1. The van der Waals surface area contributed by atoms with E-state index in [1.165, 1.54) is 92.1 Å². The van der Waals surface area contributed by atoms with Crippen molar-refractivity contribution in [3.63, 3.8) is 0 Å². The van der Waals surface area contributed by atoms with Crippen LogP contribution in [0, 0.1) is 0 Å². The van der Waals surface area contributed by atoms with Gasteiger partial charge in [0.25, 0.3) is 0 Å². The van der Waals surface area contributed by atoms with Gasteiger partial charge in [0.1, 0.15) is 0 Å². The molecule has 2 nitrogen and oxygen atoms in total. The quantitative estimate of drug-likeness (QED) is 0.211. The minimum absolute atomic E-state index is 0.635. The fourth-order valence-electron chi connectivity index (χ4n) is 7.51. The molecule has 1 aliphatic carbocycles. The Morgan fingerprint density at radius 2 is 1.46 bits per heavy atom. The summed E-state index contributed by atoms with van der Waals surface area (Å²) in [5, 5.41) is 9.75. The van der Waals surface area contributed by atoms with E-state index < -0.39 is 8.07 Å². The highest BCUT2D eigenvalue weighted by Crippen LogP contribution is 2.43. The third kappa shape index (κ3) is 3.36. The Labute approximate surface area is 230 Å². The Bertz CT molecular complexity index is 2040. The molecule has 4 aromatic carbocycles. The number of benzene rings is 4. The maximum absolute atomic E-state index is 5.13. The van der Waals surface area contributed by atoms with Crippen molar-refractivity contribution in [1.82, 2.24) is 9.38 Å². The summed E-state index contributed by atoms with van der Waals surface area (Å²) in [6.07, 6.45) is 8.66. The van der Waals surface area contributed by atoms with E-state index in [2.05, 4.69) is 103 Å². The van der Waals surface area contributed by atoms with E-state index in [-0.39, 0.29) is 0 Å². The molecule has 1 saturated carbocycles. The van der Waals surface area contributed by atoms with E-state index >= 15 is 0 Å². The van der Waals surface area contributed by atoms with Gasteiger partial charge in [-0.1, -0.05) is 98.7 Å². The molecule has 0 radical (unpaired) electrons. The van der Waals surface area contributed by atoms with E-state index in [1.54, 1.807) is 5.19 Å². The second-order valence-electron chi connectivity index (χ2n) is 12.7. The maximum Gasteiger partial charge on any atom is 0.0949 e. The van der Waals surface area contributed by atoms with Crippen molar-refractivity contribution in [2.75, 3.05) is 0 Å². The molecule has 0 spiro atoms. The molecule has 3 heterocycles. The molecule has 0 bridgehead atoms. The predicted octanol–water partition coefficient (Wildman–Crippen LogP) is 9.64. The monoisotopic (exact) mass is 522 g/mol. The molecule has 0 aliphatic heterocycles. The summed E-state index contributed by atoms with van der Waals surface area (Å²) >= 11 is 0. The van der Waals surface area contributed by atoms with Crippen molar-refractivity contribution in [1.29, 1.82) is 0 Å². The summed E-state index contributed by atoms with van der Waals surface area (Å²) in [4.78, 5) is 5.13. The zero-order valence-corrected chi connectivity index (χ0v) is 24.1. The molecule has 3 heteroatoms. The number of nitrogens with zero attached hydrogens (tertiary/aromatic N) is 2. The van der Waals surface area contributed by atoms with Crippen LogP contribution >= 0.6 is 0 Å². The lowest BCUT2D eigenvalue weighted by Gasteiger charge is -2.24. The average molecular weight is 523 g/mol. The summed E-state index contributed by atoms with van der Waals surface area (Å²) in [6, 6.07) is 29.9. The molecule has 0 unspecified atom stereocenters. The molecule has 192 valence electrons. The minimum atomic E-state index is -1.56. The first-order valence-corrected chi connectivity index (χ1v) is 18.1. The summed E-state index contributed by atoms with van der Waals surface area (Å²) in [5.74, 6) is 0.635. The van der Waals surface area contributed by atoms with Gasteiger partial charge in [0.15, 0.2) is 0 Å². The van der Waals surface area contributed by atoms with Gasteiger partial charge in [0.2, 0.25) is 0 Å². The first kappa shape index (κ1) is 23.2. The summed E-state index contributed by atoms with van der Waals surface area (Å²) < 4.78 is 2.54. The number of rotatable bonds is 3. The Balaban J connectivity index is 1.51. The van der Waals surface area contributed by atoms with Gasteiger partial charge in [-0.25, -0.2) is 0 Å². The fourth-order valence-corrected chi connectivity index (χ4v) is 9.09. The number of hydrogen-bond donors (Lipinski definition) is 0. The molecular formula is C36H34N2Si. The zero-order chi connectivity index (χ0) is 26.3. The molecule has 8 rings (SSSR count). The molecule has 1 aliphatic rings. The van der Waals surface area contributed by atoms with Crippen molar-refractivity contribution in [3.05, 3.63) is 90.6 Å². The second-order valence-corrected chi connectivity index (χ2v) is 17.7. The van der Waals surface area contributed by atoms with Gasteiger partial charge >= 0.3 is 0 Å². The lowest BCUT2D eigenvalue weighted by atomic mass is 9.81. The van der Waals surface area contributed by atoms with E-state index in [4.69, 9.17) is 4.98 Å². The van der Waals surface area contributed by atoms with Crippen LogP contribution in [0.15, 0.2) is 85.1 Å². The molecule has 1 fully saturated rings. The van der Waals surface area contributed by atoms with Crippen molar-refractivity contribution in [2.45, 2.75) is 57.7 Å². The van der Waals surface area contributed by atoms with Crippen LogP contribution in [-0.4, -0.2) is 17.5 Å². The molecule has 0 N–H and O–H groups in total. The van der Waals surface area contributed by atoms with Gasteiger partial charge in [-0.05, 0) is 59.4 Å². The Kier molecular flexibility index (Phi) is 5.00. The molecule has 0 atom stereocenters. The largest absolute Gasteiger partial charge is 0.306 e. The standard InChI is InChI=1S/C36H34N2Si/c1-39(2,3)32-18-17-27-28-19-20-37-34(36(28)38-31-16-10-9-15-29(31)33(32)35(27)38)25-21-24-13-7-8-14-26(24)30(22-25)23-11-5-4-6-12-23/h7-10,13-23H,4-6,11-12H2,1-3H3. The highest BCUT2D eigenvalue weighted by atomic mass is 28.3. The molecule has 7 aromatic rings. The van der Waals surface area contributed by atoms with Gasteiger partial charge in [-0.15, -0.1) is 0 Å². The normalized spacial score (nSPS) is 15.5. The topological polar surface area (TPSA) is 17.3 Å². The number of fused-ring (bicyclic) bond motifs is 7.